The molecule has 2 aromatic rings. The van der Waals surface area contributed by atoms with E-state index in [1.807, 2.05) is 68.4 Å². The fraction of sp³-hybridized carbons (Fsp3) is 0.278. The maximum absolute atomic E-state index is 12.1. The summed E-state index contributed by atoms with van der Waals surface area (Å²) in [6.07, 6.45) is -0.0822. The van der Waals surface area contributed by atoms with Gasteiger partial charge in [-0.15, -0.1) is 0 Å². The number of hydrogen-bond acceptors (Lipinski definition) is 2. The van der Waals surface area contributed by atoms with Crippen molar-refractivity contribution in [3.63, 3.8) is 0 Å². The molecule has 0 fully saturated rings. The van der Waals surface area contributed by atoms with Crippen molar-refractivity contribution in [2.45, 2.75) is 32.4 Å². The quantitative estimate of drug-likeness (QED) is 0.885. The summed E-state index contributed by atoms with van der Waals surface area (Å²) in [6.45, 7) is 3.89. The van der Waals surface area contributed by atoms with Crippen LogP contribution >= 0.6 is 0 Å². The number of benzene rings is 2. The van der Waals surface area contributed by atoms with Crippen molar-refractivity contribution >= 4 is 5.91 Å². The minimum Gasteiger partial charge on any atom is -0.388 e. The van der Waals surface area contributed by atoms with Gasteiger partial charge in [-0.3, -0.25) is 4.79 Å². The van der Waals surface area contributed by atoms with Crippen LogP contribution in [-0.4, -0.2) is 17.1 Å². The first-order valence-electron chi connectivity index (χ1n) is 7.17. The summed E-state index contributed by atoms with van der Waals surface area (Å²) in [7, 11) is 0. The highest BCUT2D eigenvalue weighted by molar-refractivity contribution is 5.94. The van der Waals surface area contributed by atoms with Crippen LogP contribution in [0.25, 0.3) is 0 Å². The van der Waals surface area contributed by atoms with E-state index in [0.717, 1.165) is 11.1 Å². The van der Waals surface area contributed by atoms with Gasteiger partial charge in [0, 0.05) is 11.6 Å². The number of nitrogens with one attached hydrogen (secondary N) is 1. The number of rotatable bonds is 5. The van der Waals surface area contributed by atoms with Crippen molar-refractivity contribution in [2.24, 2.45) is 0 Å². The molecular weight excluding hydrogens is 262 g/mol. The molecule has 0 heterocycles. The third-order valence-corrected chi connectivity index (χ3v) is 3.45. The second-order valence-electron chi connectivity index (χ2n) is 5.40. The average molecular weight is 283 g/mol. The Balaban J connectivity index is 1.91. The van der Waals surface area contributed by atoms with Crippen molar-refractivity contribution in [1.82, 2.24) is 5.32 Å². The van der Waals surface area contributed by atoms with Crippen molar-refractivity contribution < 1.29 is 9.90 Å². The molecule has 0 aliphatic rings. The van der Waals surface area contributed by atoms with E-state index in [4.69, 9.17) is 0 Å². The topological polar surface area (TPSA) is 49.3 Å². The van der Waals surface area contributed by atoms with Gasteiger partial charge in [-0.1, -0.05) is 48.0 Å². The van der Waals surface area contributed by atoms with Gasteiger partial charge < -0.3 is 10.4 Å². The standard InChI is InChI=1S/C18H21NO2/c1-13-8-10-16(11-9-13)18(21)19-14(2)12-17(20)15-6-4-3-5-7-15/h3-11,14,17,20H,12H2,1-2H3,(H,19,21). The highest BCUT2D eigenvalue weighted by Crippen LogP contribution is 2.17. The molecule has 0 bridgehead atoms. The molecule has 2 unspecified atom stereocenters. The van der Waals surface area contributed by atoms with Crippen LogP contribution in [0.15, 0.2) is 54.6 Å². The lowest BCUT2D eigenvalue weighted by atomic mass is 10.0. The third-order valence-electron chi connectivity index (χ3n) is 3.45. The maximum Gasteiger partial charge on any atom is 0.251 e. The number of aryl methyl sites for hydroxylation is 1. The Morgan fingerprint density at radius 2 is 1.71 bits per heavy atom. The number of amides is 1. The van der Waals surface area contributed by atoms with Crippen LogP contribution in [0.4, 0.5) is 0 Å². The average Bonchev–Trinajstić information content (AvgIpc) is 2.48. The van der Waals surface area contributed by atoms with Crippen molar-refractivity contribution in [2.75, 3.05) is 0 Å². The third kappa shape index (κ3) is 4.43. The zero-order valence-corrected chi connectivity index (χ0v) is 12.4. The zero-order valence-electron chi connectivity index (χ0n) is 12.4. The van der Waals surface area contributed by atoms with Crippen molar-refractivity contribution in [3.05, 3.63) is 71.3 Å². The van der Waals surface area contributed by atoms with E-state index in [-0.39, 0.29) is 11.9 Å². The number of carbonyl (C=O) groups is 1. The highest BCUT2D eigenvalue weighted by atomic mass is 16.3. The van der Waals surface area contributed by atoms with E-state index in [2.05, 4.69) is 5.32 Å². The zero-order chi connectivity index (χ0) is 15.2. The monoisotopic (exact) mass is 283 g/mol. The molecule has 0 saturated carbocycles. The van der Waals surface area contributed by atoms with Gasteiger partial charge in [0.1, 0.15) is 0 Å². The van der Waals surface area contributed by atoms with Gasteiger partial charge in [0.2, 0.25) is 0 Å². The molecule has 21 heavy (non-hydrogen) atoms. The van der Waals surface area contributed by atoms with Gasteiger partial charge in [-0.2, -0.15) is 0 Å². The minimum atomic E-state index is -0.570. The predicted octanol–water partition coefficient (Wildman–Crippen LogP) is 3.24. The van der Waals surface area contributed by atoms with E-state index in [9.17, 15) is 9.90 Å². The summed E-state index contributed by atoms with van der Waals surface area (Å²) in [5.41, 5.74) is 2.63. The predicted molar refractivity (Wildman–Crippen MR) is 84.1 cm³/mol. The van der Waals surface area contributed by atoms with E-state index < -0.39 is 6.10 Å². The molecule has 0 radical (unpaired) electrons. The fourth-order valence-electron chi connectivity index (χ4n) is 2.22. The normalized spacial score (nSPS) is 13.5. The molecule has 110 valence electrons. The first kappa shape index (κ1) is 15.3. The Labute approximate surface area is 125 Å². The van der Waals surface area contributed by atoms with Gasteiger partial charge in [-0.25, -0.2) is 0 Å². The highest BCUT2D eigenvalue weighted by Gasteiger charge is 2.15. The number of carbonyl (C=O) groups excluding carboxylic acids is 1. The fourth-order valence-corrected chi connectivity index (χ4v) is 2.22. The van der Waals surface area contributed by atoms with Crippen LogP contribution in [0.2, 0.25) is 0 Å². The summed E-state index contributed by atoms with van der Waals surface area (Å²) in [5.74, 6) is -0.109. The van der Waals surface area contributed by atoms with Gasteiger partial charge in [-0.05, 0) is 38.0 Å². The molecule has 0 aliphatic carbocycles. The Morgan fingerprint density at radius 3 is 2.33 bits per heavy atom. The lowest BCUT2D eigenvalue weighted by Gasteiger charge is -2.18. The van der Waals surface area contributed by atoms with Gasteiger partial charge >= 0.3 is 0 Å². The summed E-state index contributed by atoms with van der Waals surface area (Å²) in [5, 5.41) is 13.1. The SMILES string of the molecule is Cc1ccc(C(=O)NC(C)CC(O)c2ccccc2)cc1. The lowest BCUT2D eigenvalue weighted by molar-refractivity contribution is 0.0917. The van der Waals surface area contributed by atoms with Crippen LogP contribution in [0.1, 0.15) is 40.9 Å². The van der Waals surface area contributed by atoms with Crippen molar-refractivity contribution in [3.8, 4) is 0 Å². The van der Waals surface area contributed by atoms with E-state index in [1.165, 1.54) is 0 Å². The Bertz CT molecular complexity index is 578. The number of aliphatic hydroxyl groups is 1. The molecule has 3 heteroatoms. The van der Waals surface area contributed by atoms with E-state index >= 15 is 0 Å². The smallest absolute Gasteiger partial charge is 0.251 e. The molecule has 1 amide bonds. The Morgan fingerprint density at radius 1 is 1.10 bits per heavy atom. The first-order chi connectivity index (χ1) is 10.1. The maximum atomic E-state index is 12.1. The summed E-state index contributed by atoms with van der Waals surface area (Å²) in [6, 6.07) is 16.8. The van der Waals surface area contributed by atoms with Crippen molar-refractivity contribution in [1.29, 1.82) is 0 Å². The first-order valence-corrected chi connectivity index (χ1v) is 7.17. The molecular formula is C18H21NO2. The van der Waals surface area contributed by atoms with Gasteiger partial charge in [0.05, 0.1) is 6.10 Å². The van der Waals surface area contributed by atoms with Crippen LogP contribution in [0, 0.1) is 6.92 Å². The minimum absolute atomic E-state index is 0.103. The van der Waals surface area contributed by atoms with Crippen LogP contribution in [0.5, 0.6) is 0 Å². The van der Waals surface area contributed by atoms with Crippen LogP contribution in [-0.2, 0) is 0 Å². The molecule has 0 aromatic heterocycles. The van der Waals surface area contributed by atoms with Gasteiger partial charge in [0.15, 0.2) is 0 Å². The van der Waals surface area contributed by atoms with E-state index in [1.54, 1.807) is 0 Å². The molecule has 0 aliphatic heterocycles. The second kappa shape index (κ2) is 7.04. The molecule has 2 atom stereocenters. The van der Waals surface area contributed by atoms with Crippen LogP contribution < -0.4 is 5.32 Å². The van der Waals surface area contributed by atoms with E-state index in [0.29, 0.717) is 12.0 Å². The molecule has 2 rings (SSSR count). The van der Waals surface area contributed by atoms with Gasteiger partial charge in [0.25, 0.3) is 5.91 Å². The molecule has 0 saturated heterocycles. The molecule has 2 aromatic carbocycles. The second-order valence-corrected chi connectivity index (χ2v) is 5.40. The summed E-state index contributed by atoms with van der Waals surface area (Å²) < 4.78 is 0. The molecule has 0 spiro atoms. The largest absolute Gasteiger partial charge is 0.388 e. The number of hydrogen-bond donors (Lipinski definition) is 2. The molecule has 2 N–H and O–H groups in total. The molecule has 3 nitrogen and oxygen atoms in total. The number of aliphatic hydroxyl groups excluding tert-OH is 1. The Kier molecular flexibility index (Phi) is 5.12. The van der Waals surface area contributed by atoms with Crippen LogP contribution in [0.3, 0.4) is 0 Å². The lowest BCUT2D eigenvalue weighted by Crippen LogP contribution is -2.33. The summed E-state index contributed by atoms with van der Waals surface area (Å²) in [4.78, 5) is 12.1. The summed E-state index contributed by atoms with van der Waals surface area (Å²) >= 11 is 0. The Hall–Kier alpha value is -2.13.